The molecule has 5 heteroatoms. The largest absolute Gasteiger partial charge is 0.497 e. The molecule has 0 amide bonds. The molecule has 0 heterocycles. The molecule has 2 aromatic carbocycles. The van der Waals surface area contributed by atoms with Gasteiger partial charge >= 0.3 is 5.97 Å². The quantitative estimate of drug-likeness (QED) is 0.685. The molecule has 104 valence electrons. The summed E-state index contributed by atoms with van der Waals surface area (Å²) >= 11 is 0. The summed E-state index contributed by atoms with van der Waals surface area (Å²) in [6.07, 6.45) is 0. The van der Waals surface area contributed by atoms with Crippen molar-refractivity contribution in [3.63, 3.8) is 0 Å². The molecule has 0 unspecified atom stereocenters. The Morgan fingerprint density at radius 3 is 2.50 bits per heavy atom. The van der Waals surface area contributed by atoms with Gasteiger partial charge in [0.25, 0.3) is 0 Å². The second-order valence-corrected chi connectivity index (χ2v) is 4.03. The first-order valence-electron chi connectivity index (χ1n) is 5.94. The lowest BCUT2D eigenvalue weighted by Crippen LogP contribution is -2.04. The van der Waals surface area contributed by atoms with Gasteiger partial charge in [-0.15, -0.1) is 0 Å². The maximum atomic E-state index is 11.7. The third kappa shape index (κ3) is 3.00. The number of ether oxygens (including phenoxy) is 3. The molecule has 0 aromatic heterocycles. The van der Waals surface area contributed by atoms with Crippen LogP contribution in [0.1, 0.15) is 10.4 Å². The number of rotatable bonds is 4. The Labute approximate surface area is 116 Å². The summed E-state index contributed by atoms with van der Waals surface area (Å²) in [6.45, 7) is 0. The highest BCUT2D eigenvalue weighted by Gasteiger charge is 2.15. The molecule has 5 nitrogen and oxygen atoms in total. The van der Waals surface area contributed by atoms with E-state index in [2.05, 4.69) is 0 Å². The van der Waals surface area contributed by atoms with Gasteiger partial charge in [-0.25, -0.2) is 4.79 Å². The normalized spacial score (nSPS) is 9.90. The average molecular weight is 273 g/mol. The van der Waals surface area contributed by atoms with E-state index in [-0.39, 0.29) is 0 Å². The summed E-state index contributed by atoms with van der Waals surface area (Å²) < 4.78 is 15.6. The van der Waals surface area contributed by atoms with Crippen molar-refractivity contribution in [2.45, 2.75) is 0 Å². The molecule has 0 aliphatic carbocycles. The summed E-state index contributed by atoms with van der Waals surface area (Å²) in [5.41, 5.74) is 6.59. The first-order chi connectivity index (χ1) is 9.63. The van der Waals surface area contributed by atoms with Crippen molar-refractivity contribution < 1.29 is 19.0 Å². The highest BCUT2D eigenvalue weighted by Crippen LogP contribution is 2.30. The van der Waals surface area contributed by atoms with Crippen LogP contribution in [0.15, 0.2) is 42.5 Å². The van der Waals surface area contributed by atoms with E-state index in [0.717, 1.165) is 0 Å². The molecular formula is C15H15NO4. The number of hydrogen-bond donors (Lipinski definition) is 1. The average Bonchev–Trinajstić information content (AvgIpc) is 2.46. The van der Waals surface area contributed by atoms with Gasteiger partial charge in [-0.1, -0.05) is 6.07 Å². The van der Waals surface area contributed by atoms with E-state index in [1.807, 2.05) is 0 Å². The Balaban J connectivity index is 2.39. The maximum absolute atomic E-state index is 11.7. The predicted octanol–water partition coefficient (Wildman–Crippen LogP) is 2.86. The minimum absolute atomic E-state index is 0.315. The van der Waals surface area contributed by atoms with Crippen LogP contribution in [0.5, 0.6) is 17.2 Å². The topological polar surface area (TPSA) is 70.8 Å². The molecule has 0 saturated heterocycles. The van der Waals surface area contributed by atoms with E-state index in [4.69, 9.17) is 19.9 Å². The number of methoxy groups -OCH3 is 2. The Hall–Kier alpha value is -2.69. The molecule has 0 fully saturated rings. The van der Waals surface area contributed by atoms with Gasteiger partial charge in [0.2, 0.25) is 0 Å². The fourth-order valence-electron chi connectivity index (χ4n) is 1.70. The zero-order valence-corrected chi connectivity index (χ0v) is 11.3. The molecule has 2 N–H and O–H groups in total. The van der Waals surface area contributed by atoms with E-state index >= 15 is 0 Å². The Kier molecular flexibility index (Phi) is 4.10. The van der Waals surface area contributed by atoms with Gasteiger partial charge in [0.05, 0.1) is 14.2 Å². The van der Waals surface area contributed by atoms with E-state index in [1.165, 1.54) is 14.2 Å². The van der Waals surface area contributed by atoms with Crippen LogP contribution in [0.3, 0.4) is 0 Å². The van der Waals surface area contributed by atoms with Crippen molar-refractivity contribution in [1.29, 1.82) is 0 Å². The maximum Gasteiger partial charge on any atom is 0.341 e. The standard InChI is InChI=1S/C15H15NO4/c1-18-11-6-7-13(15(17)19-2)14(9-11)20-12-5-3-4-10(16)8-12/h3-9H,16H2,1-2H3. The fourth-order valence-corrected chi connectivity index (χ4v) is 1.70. The molecule has 0 aliphatic heterocycles. The molecule has 0 atom stereocenters. The van der Waals surface area contributed by atoms with E-state index in [9.17, 15) is 4.79 Å². The number of benzene rings is 2. The number of hydrogen-bond acceptors (Lipinski definition) is 5. The minimum Gasteiger partial charge on any atom is -0.497 e. The van der Waals surface area contributed by atoms with Crippen LogP contribution >= 0.6 is 0 Å². The van der Waals surface area contributed by atoms with Crippen molar-refractivity contribution in [3.05, 3.63) is 48.0 Å². The zero-order valence-electron chi connectivity index (χ0n) is 11.3. The number of anilines is 1. The molecule has 2 rings (SSSR count). The summed E-state index contributed by atoms with van der Waals surface area (Å²) in [6, 6.07) is 11.8. The third-order valence-electron chi connectivity index (χ3n) is 2.68. The highest BCUT2D eigenvalue weighted by atomic mass is 16.5. The molecule has 0 bridgehead atoms. The lowest BCUT2D eigenvalue weighted by atomic mass is 10.2. The molecule has 0 spiro atoms. The van der Waals surface area contributed by atoms with Gasteiger partial charge in [0.15, 0.2) is 0 Å². The number of carbonyl (C=O) groups excluding carboxylic acids is 1. The summed E-state index contributed by atoms with van der Waals surface area (Å²) in [4.78, 5) is 11.7. The number of nitrogens with two attached hydrogens (primary N) is 1. The Morgan fingerprint density at radius 1 is 1.05 bits per heavy atom. The predicted molar refractivity (Wildman–Crippen MR) is 75.3 cm³/mol. The van der Waals surface area contributed by atoms with Gasteiger partial charge in [-0.05, 0) is 24.3 Å². The van der Waals surface area contributed by atoms with Crippen LogP contribution in [-0.2, 0) is 4.74 Å². The van der Waals surface area contributed by atoms with Gasteiger partial charge in [-0.2, -0.15) is 0 Å². The van der Waals surface area contributed by atoms with Crippen LogP contribution in [0.2, 0.25) is 0 Å². The van der Waals surface area contributed by atoms with Crippen LogP contribution in [0.4, 0.5) is 5.69 Å². The Bertz CT molecular complexity index is 625. The zero-order chi connectivity index (χ0) is 14.5. The first-order valence-corrected chi connectivity index (χ1v) is 5.94. The number of nitrogen functional groups attached to an aromatic ring is 1. The van der Waals surface area contributed by atoms with Crippen molar-refractivity contribution in [2.24, 2.45) is 0 Å². The van der Waals surface area contributed by atoms with E-state index < -0.39 is 5.97 Å². The van der Waals surface area contributed by atoms with Crippen LogP contribution in [-0.4, -0.2) is 20.2 Å². The smallest absolute Gasteiger partial charge is 0.341 e. The van der Waals surface area contributed by atoms with Crippen LogP contribution in [0, 0.1) is 0 Å². The molecule has 2 aromatic rings. The van der Waals surface area contributed by atoms with Crippen molar-refractivity contribution >= 4 is 11.7 Å². The summed E-state index contributed by atoms with van der Waals surface area (Å²) in [7, 11) is 2.86. The first kappa shape index (κ1) is 13.7. The van der Waals surface area contributed by atoms with Crippen molar-refractivity contribution in [3.8, 4) is 17.2 Å². The summed E-state index contributed by atoms with van der Waals surface area (Å²) in [5, 5.41) is 0. The minimum atomic E-state index is -0.480. The van der Waals surface area contributed by atoms with E-state index in [1.54, 1.807) is 42.5 Å². The highest BCUT2D eigenvalue weighted by molar-refractivity contribution is 5.92. The van der Waals surface area contributed by atoms with Gasteiger partial charge < -0.3 is 19.9 Å². The second kappa shape index (κ2) is 5.97. The second-order valence-electron chi connectivity index (χ2n) is 4.03. The van der Waals surface area contributed by atoms with Crippen molar-refractivity contribution in [1.82, 2.24) is 0 Å². The third-order valence-corrected chi connectivity index (χ3v) is 2.68. The molecule has 0 radical (unpaired) electrons. The van der Waals surface area contributed by atoms with Crippen LogP contribution in [0.25, 0.3) is 0 Å². The molecule has 0 aliphatic rings. The van der Waals surface area contributed by atoms with Crippen LogP contribution < -0.4 is 15.2 Å². The van der Waals surface area contributed by atoms with Gasteiger partial charge in [-0.3, -0.25) is 0 Å². The molecule has 20 heavy (non-hydrogen) atoms. The number of carbonyl (C=O) groups is 1. The number of esters is 1. The fraction of sp³-hybridized carbons (Fsp3) is 0.133. The SMILES string of the molecule is COC(=O)c1ccc(OC)cc1Oc1cccc(N)c1. The monoisotopic (exact) mass is 273 g/mol. The molecular weight excluding hydrogens is 258 g/mol. The summed E-state index contributed by atoms with van der Waals surface area (Å²) in [5.74, 6) is 0.980. The lowest BCUT2D eigenvalue weighted by molar-refractivity contribution is 0.0598. The van der Waals surface area contributed by atoms with E-state index in [0.29, 0.717) is 28.5 Å². The lowest BCUT2D eigenvalue weighted by Gasteiger charge is -2.11. The van der Waals surface area contributed by atoms with Gasteiger partial charge in [0.1, 0.15) is 22.8 Å². The Morgan fingerprint density at radius 2 is 1.85 bits per heavy atom. The van der Waals surface area contributed by atoms with Crippen molar-refractivity contribution in [2.75, 3.05) is 20.0 Å². The van der Waals surface area contributed by atoms with Gasteiger partial charge in [0, 0.05) is 17.8 Å². The molecule has 0 saturated carbocycles.